The Kier molecular flexibility index (Phi) is 2.67. The lowest BCUT2D eigenvalue weighted by atomic mass is 9.68. The van der Waals surface area contributed by atoms with Gasteiger partial charge < -0.3 is 5.32 Å². The number of aromatic nitrogens is 1. The smallest absolute Gasteiger partial charge is 0.144 e. The van der Waals surface area contributed by atoms with Crippen LogP contribution in [0.5, 0.6) is 0 Å². The number of pyridine rings is 1. The molecule has 1 aliphatic carbocycles. The lowest BCUT2D eigenvalue weighted by Gasteiger charge is -2.43. The van der Waals surface area contributed by atoms with Crippen molar-refractivity contribution in [3.8, 4) is 6.07 Å². The molecule has 19 heavy (non-hydrogen) atoms. The largest absolute Gasteiger partial charge is 0.366 e. The normalized spacial score (nSPS) is 17.7. The van der Waals surface area contributed by atoms with Crippen molar-refractivity contribution in [3.05, 3.63) is 35.9 Å². The second-order valence-electron chi connectivity index (χ2n) is 6.10. The van der Waals surface area contributed by atoms with E-state index in [1.807, 2.05) is 30.3 Å². The van der Waals surface area contributed by atoms with Gasteiger partial charge in [-0.3, -0.25) is 0 Å². The molecule has 0 bridgehead atoms. The van der Waals surface area contributed by atoms with Crippen LogP contribution in [-0.4, -0.2) is 11.0 Å². The first kappa shape index (κ1) is 12.0. The topological polar surface area (TPSA) is 48.7 Å². The van der Waals surface area contributed by atoms with Crippen molar-refractivity contribution in [3.63, 3.8) is 0 Å². The predicted molar refractivity (Wildman–Crippen MR) is 76.9 cm³/mol. The quantitative estimate of drug-likeness (QED) is 0.885. The van der Waals surface area contributed by atoms with Crippen LogP contribution in [0.3, 0.4) is 0 Å². The third-order valence-electron chi connectivity index (χ3n) is 3.78. The Balaban J connectivity index is 1.92. The summed E-state index contributed by atoms with van der Waals surface area (Å²) in [5.74, 6) is 0.724. The molecule has 1 aromatic carbocycles. The summed E-state index contributed by atoms with van der Waals surface area (Å²) in [7, 11) is 0. The third kappa shape index (κ3) is 2.26. The minimum absolute atomic E-state index is 0.418. The zero-order valence-electron chi connectivity index (χ0n) is 11.3. The summed E-state index contributed by atoms with van der Waals surface area (Å²) in [5.41, 5.74) is 1.98. The first-order valence-electron chi connectivity index (χ1n) is 6.64. The number of rotatable bonds is 2. The standard InChI is InChI=1S/C16H17N3/c1-16(2)8-13(9-16)18-15-12(10-17)7-11-5-3-4-6-14(11)19-15/h3-7,13H,8-9H2,1-2H3,(H,18,19). The van der Waals surface area contributed by atoms with Crippen LogP contribution in [0.25, 0.3) is 10.9 Å². The highest BCUT2D eigenvalue weighted by Crippen LogP contribution is 2.41. The number of anilines is 1. The van der Waals surface area contributed by atoms with Gasteiger partial charge in [0.2, 0.25) is 0 Å². The molecule has 1 fully saturated rings. The van der Waals surface area contributed by atoms with Gasteiger partial charge in [0.05, 0.1) is 11.1 Å². The van der Waals surface area contributed by atoms with Crippen LogP contribution < -0.4 is 5.32 Å². The fourth-order valence-corrected chi connectivity index (χ4v) is 2.88. The van der Waals surface area contributed by atoms with E-state index in [2.05, 4.69) is 30.2 Å². The van der Waals surface area contributed by atoms with Crippen molar-refractivity contribution in [2.75, 3.05) is 5.32 Å². The van der Waals surface area contributed by atoms with E-state index in [0.717, 1.165) is 29.6 Å². The molecule has 1 aliphatic rings. The first-order valence-corrected chi connectivity index (χ1v) is 6.64. The Morgan fingerprint density at radius 2 is 2.05 bits per heavy atom. The van der Waals surface area contributed by atoms with Gasteiger partial charge in [0.1, 0.15) is 11.9 Å². The van der Waals surface area contributed by atoms with Crippen molar-refractivity contribution in [2.24, 2.45) is 5.41 Å². The van der Waals surface area contributed by atoms with Gasteiger partial charge in [-0.05, 0) is 30.4 Å². The van der Waals surface area contributed by atoms with E-state index in [-0.39, 0.29) is 0 Å². The number of fused-ring (bicyclic) bond motifs is 1. The fourth-order valence-electron chi connectivity index (χ4n) is 2.88. The first-order chi connectivity index (χ1) is 9.07. The van der Waals surface area contributed by atoms with Gasteiger partial charge in [-0.1, -0.05) is 32.0 Å². The van der Waals surface area contributed by atoms with E-state index in [1.165, 1.54) is 0 Å². The highest BCUT2D eigenvalue weighted by atomic mass is 15.0. The molecule has 0 spiro atoms. The molecule has 1 aromatic heterocycles. The molecule has 1 N–H and O–H groups in total. The second-order valence-corrected chi connectivity index (χ2v) is 6.10. The Labute approximate surface area is 113 Å². The molecule has 3 rings (SSSR count). The molecule has 96 valence electrons. The number of benzene rings is 1. The van der Waals surface area contributed by atoms with Gasteiger partial charge in [-0.15, -0.1) is 0 Å². The van der Waals surface area contributed by atoms with Crippen LogP contribution in [0.2, 0.25) is 0 Å². The van der Waals surface area contributed by atoms with Crippen LogP contribution in [0, 0.1) is 16.7 Å². The summed E-state index contributed by atoms with van der Waals surface area (Å²) in [4.78, 5) is 4.58. The summed E-state index contributed by atoms with van der Waals surface area (Å²) < 4.78 is 0. The Morgan fingerprint density at radius 1 is 1.32 bits per heavy atom. The molecule has 3 nitrogen and oxygen atoms in total. The van der Waals surface area contributed by atoms with Crippen molar-refractivity contribution in [2.45, 2.75) is 32.7 Å². The van der Waals surface area contributed by atoms with E-state index in [0.29, 0.717) is 17.0 Å². The number of hydrogen-bond donors (Lipinski definition) is 1. The van der Waals surface area contributed by atoms with E-state index >= 15 is 0 Å². The number of para-hydroxylation sites is 1. The maximum atomic E-state index is 9.25. The summed E-state index contributed by atoms with van der Waals surface area (Å²) >= 11 is 0. The fraction of sp³-hybridized carbons (Fsp3) is 0.375. The van der Waals surface area contributed by atoms with Crippen LogP contribution in [0.1, 0.15) is 32.3 Å². The SMILES string of the molecule is CC1(C)CC(Nc2nc3ccccc3cc2C#N)C1. The van der Waals surface area contributed by atoms with Crippen molar-refractivity contribution in [1.82, 2.24) is 4.98 Å². The Morgan fingerprint density at radius 3 is 2.74 bits per heavy atom. The van der Waals surface area contributed by atoms with Gasteiger partial charge in [0.15, 0.2) is 0 Å². The van der Waals surface area contributed by atoms with E-state index in [4.69, 9.17) is 0 Å². The monoisotopic (exact) mass is 251 g/mol. The molecule has 0 atom stereocenters. The summed E-state index contributed by atoms with van der Waals surface area (Å²) in [6, 6.07) is 12.5. The maximum Gasteiger partial charge on any atom is 0.144 e. The zero-order chi connectivity index (χ0) is 13.5. The Bertz CT molecular complexity index is 659. The molecule has 3 heteroatoms. The Hall–Kier alpha value is -2.08. The van der Waals surface area contributed by atoms with Gasteiger partial charge in [0, 0.05) is 11.4 Å². The molecule has 0 unspecified atom stereocenters. The van der Waals surface area contributed by atoms with E-state index < -0.39 is 0 Å². The number of nitriles is 1. The lowest BCUT2D eigenvalue weighted by molar-refractivity contribution is 0.167. The highest BCUT2D eigenvalue weighted by molar-refractivity contribution is 5.82. The average molecular weight is 251 g/mol. The van der Waals surface area contributed by atoms with Crippen LogP contribution in [-0.2, 0) is 0 Å². The average Bonchev–Trinajstić information content (AvgIpc) is 2.35. The minimum atomic E-state index is 0.418. The van der Waals surface area contributed by atoms with Gasteiger partial charge in [-0.2, -0.15) is 5.26 Å². The van der Waals surface area contributed by atoms with Gasteiger partial charge >= 0.3 is 0 Å². The summed E-state index contributed by atoms with van der Waals surface area (Å²) in [5, 5.41) is 13.7. The third-order valence-corrected chi connectivity index (χ3v) is 3.78. The number of nitrogens with zero attached hydrogens (tertiary/aromatic N) is 2. The van der Waals surface area contributed by atoms with Gasteiger partial charge in [0.25, 0.3) is 0 Å². The molecule has 0 saturated heterocycles. The molecule has 2 aromatic rings. The molecule has 1 heterocycles. The zero-order valence-corrected chi connectivity index (χ0v) is 11.3. The predicted octanol–water partition coefficient (Wildman–Crippen LogP) is 3.71. The summed E-state index contributed by atoms with van der Waals surface area (Å²) in [6.07, 6.45) is 2.26. The van der Waals surface area contributed by atoms with Gasteiger partial charge in [-0.25, -0.2) is 4.98 Å². The molecular weight excluding hydrogens is 234 g/mol. The molecular formula is C16H17N3. The minimum Gasteiger partial charge on any atom is -0.366 e. The van der Waals surface area contributed by atoms with Crippen LogP contribution in [0.15, 0.2) is 30.3 Å². The maximum absolute atomic E-state index is 9.25. The lowest BCUT2D eigenvalue weighted by Crippen LogP contribution is -2.41. The van der Waals surface area contributed by atoms with Crippen LogP contribution in [0.4, 0.5) is 5.82 Å². The van der Waals surface area contributed by atoms with Crippen molar-refractivity contribution >= 4 is 16.7 Å². The second kappa shape index (κ2) is 4.24. The molecule has 1 saturated carbocycles. The molecule has 0 radical (unpaired) electrons. The van der Waals surface area contributed by atoms with Crippen LogP contribution >= 0.6 is 0 Å². The summed E-state index contributed by atoms with van der Waals surface area (Å²) in [6.45, 7) is 4.54. The van der Waals surface area contributed by atoms with E-state index in [1.54, 1.807) is 0 Å². The molecule has 0 aliphatic heterocycles. The molecule has 0 amide bonds. The number of hydrogen-bond acceptors (Lipinski definition) is 3. The number of nitrogens with one attached hydrogen (secondary N) is 1. The highest BCUT2D eigenvalue weighted by Gasteiger charge is 2.36. The van der Waals surface area contributed by atoms with Crippen molar-refractivity contribution in [1.29, 1.82) is 5.26 Å². The van der Waals surface area contributed by atoms with E-state index in [9.17, 15) is 5.26 Å². The van der Waals surface area contributed by atoms with Crippen molar-refractivity contribution < 1.29 is 0 Å².